The Bertz CT molecular complexity index is 2670. The molecule has 324 valence electrons. The fraction of sp³-hybridized carbons (Fsp3) is 0.321. The van der Waals surface area contributed by atoms with Crippen LogP contribution in [-0.2, 0) is 28.8 Å². The van der Waals surface area contributed by atoms with Crippen molar-refractivity contribution < 1.29 is 26.8 Å². The van der Waals surface area contributed by atoms with Crippen molar-refractivity contribution in [3.05, 3.63) is 153 Å². The van der Waals surface area contributed by atoms with Crippen LogP contribution in [0.4, 0.5) is 0 Å². The van der Waals surface area contributed by atoms with Crippen LogP contribution in [-0.4, -0.2) is 5.43 Å². The maximum atomic E-state index is 5.99. The maximum Gasteiger partial charge on any atom is 0.0925 e. The Kier molecular flexibility index (Phi) is 14.5. The molecule has 2 nitrogen and oxygen atoms in total. The minimum absolute atomic E-state index is 0.165. The minimum Gasteiger partial charge on any atom is -0.496 e. The zero-order valence-electron chi connectivity index (χ0n) is 39.8. The summed E-state index contributed by atoms with van der Waals surface area (Å²) in [6.07, 6.45) is 0. The molecule has 8 rings (SSSR count). The molecule has 0 aliphatic carbocycles. The van der Waals surface area contributed by atoms with Gasteiger partial charge in [-0.2, -0.15) is 0 Å². The van der Waals surface area contributed by atoms with E-state index in [-0.39, 0.29) is 16.3 Å². The first-order valence-electron chi connectivity index (χ1n) is 21.7. The Balaban J connectivity index is 0.000000183. The van der Waals surface area contributed by atoms with E-state index in [0.29, 0.717) is 0 Å². The van der Waals surface area contributed by atoms with Crippen LogP contribution in [0, 0.1) is 55.4 Å². The summed E-state index contributed by atoms with van der Waals surface area (Å²) < 4.78 is 12.0. The zero-order valence-corrected chi connectivity index (χ0v) is 44.8. The summed E-state index contributed by atoms with van der Waals surface area (Å²) in [6.45, 7) is 35.0. The van der Waals surface area contributed by atoms with Crippen LogP contribution in [0.2, 0.25) is 13.1 Å². The Hall–Kier alpha value is -3.66. The van der Waals surface area contributed by atoms with E-state index in [4.69, 9.17) is 25.9 Å². The van der Waals surface area contributed by atoms with Gasteiger partial charge in [0.1, 0.15) is 0 Å². The molecule has 0 atom stereocenters. The Morgan fingerprint density at radius 1 is 0.484 bits per heavy atom. The standard InChI is InChI=1S/2C27H29O.C2H6Si.2ClH.Zr/c2*1-16-12-21-14-22(25-13-17(2)19(4)28-25)15-24(21)26(18(16)3)20-8-10-23(11-9-20)27(5,6)7;1-3-2;;;/h2*8-15H,1-7H3;1-2H3;2*1H;/q2*-1;;;;+2/p-2. The molecule has 6 aromatic carbocycles. The van der Waals surface area contributed by atoms with Crippen LogP contribution in [0.3, 0.4) is 0 Å². The van der Waals surface area contributed by atoms with Gasteiger partial charge in [0.15, 0.2) is 0 Å². The van der Waals surface area contributed by atoms with Gasteiger partial charge in [-0.1, -0.05) is 123 Å². The van der Waals surface area contributed by atoms with Crippen molar-refractivity contribution in [1.82, 2.24) is 0 Å². The molecule has 8 aromatic rings. The van der Waals surface area contributed by atoms with Crippen molar-refractivity contribution in [2.24, 2.45) is 0 Å². The Morgan fingerprint density at radius 3 is 1.06 bits per heavy atom. The van der Waals surface area contributed by atoms with Gasteiger partial charge >= 0.3 is 53.5 Å². The van der Waals surface area contributed by atoms with Crippen LogP contribution in [0.5, 0.6) is 0 Å². The van der Waals surface area contributed by atoms with Crippen LogP contribution in [0.15, 0.2) is 106 Å². The average molecular weight is 959 g/mol. The molecule has 0 bridgehead atoms. The van der Waals surface area contributed by atoms with E-state index in [2.05, 4.69) is 193 Å². The van der Waals surface area contributed by atoms with Crippen molar-refractivity contribution in [2.75, 3.05) is 0 Å². The van der Waals surface area contributed by atoms with Gasteiger partial charge in [-0.25, -0.2) is 0 Å². The molecule has 0 aliphatic rings. The molecule has 0 radical (unpaired) electrons. The quantitative estimate of drug-likeness (QED) is 0.130. The van der Waals surface area contributed by atoms with Crippen molar-refractivity contribution in [2.45, 2.75) is 121 Å². The summed E-state index contributed by atoms with van der Waals surface area (Å²) in [5, 5.41) is 5.15. The van der Waals surface area contributed by atoms with Crippen LogP contribution < -0.4 is 0 Å². The predicted octanol–water partition coefficient (Wildman–Crippen LogP) is 18.2. The molecule has 2 aromatic heterocycles. The van der Waals surface area contributed by atoms with Gasteiger partial charge < -0.3 is 8.83 Å². The molecule has 62 heavy (non-hydrogen) atoms. The van der Waals surface area contributed by atoms with Gasteiger partial charge in [0.2, 0.25) is 0 Å². The number of rotatable bonds is 4. The third kappa shape index (κ3) is 10.5. The van der Waals surface area contributed by atoms with Gasteiger partial charge in [-0.15, -0.1) is 57.9 Å². The van der Waals surface area contributed by atoms with Crippen molar-refractivity contribution >= 4 is 44.0 Å². The second kappa shape index (κ2) is 18.8. The molecular weight excluding hydrogens is 895 g/mol. The first-order valence-corrected chi connectivity index (χ1v) is 34.2. The summed E-state index contributed by atoms with van der Waals surface area (Å²) >= 11 is -1.65. The first-order chi connectivity index (χ1) is 28.9. The van der Waals surface area contributed by atoms with E-state index in [0.717, 1.165) is 34.2 Å². The molecule has 0 unspecified atom stereocenters. The van der Waals surface area contributed by atoms with Gasteiger partial charge in [0.25, 0.3) is 0 Å². The molecular formula is C56H64Cl2O2SiZr-2. The smallest absolute Gasteiger partial charge is 0.0925 e. The summed E-state index contributed by atoms with van der Waals surface area (Å²) in [5.74, 6) is 3.89. The number of furan rings is 2. The fourth-order valence-corrected chi connectivity index (χ4v) is 7.94. The third-order valence-corrected chi connectivity index (χ3v) is 32.2. The van der Waals surface area contributed by atoms with E-state index < -0.39 is 18.0 Å². The molecule has 0 spiro atoms. The zero-order chi connectivity index (χ0) is 45.6. The second-order valence-corrected chi connectivity index (χ2v) is 42.5. The van der Waals surface area contributed by atoms with Gasteiger partial charge in [0.05, 0.1) is 23.0 Å². The van der Waals surface area contributed by atoms with Crippen LogP contribution in [0.25, 0.3) is 66.4 Å². The van der Waals surface area contributed by atoms with Crippen molar-refractivity contribution in [3.8, 4) is 44.9 Å². The summed E-state index contributed by atoms with van der Waals surface area (Å²) in [4.78, 5) is 0. The third-order valence-electron chi connectivity index (χ3n) is 12.4. The minimum atomic E-state index is -1.65. The number of hydrogen-bond donors (Lipinski definition) is 0. The predicted molar refractivity (Wildman–Crippen MR) is 270 cm³/mol. The molecule has 6 heteroatoms. The number of hydrogen-bond acceptors (Lipinski definition) is 2. The monoisotopic (exact) mass is 956 g/mol. The van der Waals surface area contributed by atoms with E-state index in [9.17, 15) is 0 Å². The first kappa shape index (κ1) is 47.8. The number of fused-ring (bicyclic) bond motifs is 2. The van der Waals surface area contributed by atoms with Gasteiger partial charge in [-0.05, 0) is 123 Å². The molecule has 0 fully saturated rings. The van der Waals surface area contributed by atoms with E-state index in [1.165, 1.54) is 88.3 Å². The van der Waals surface area contributed by atoms with Crippen LogP contribution >= 0.6 is 17.0 Å². The number of aryl methyl sites for hydroxylation is 6. The summed E-state index contributed by atoms with van der Waals surface area (Å²) in [6, 6.07) is 36.1. The van der Waals surface area contributed by atoms with Gasteiger partial charge in [0, 0.05) is 0 Å². The molecule has 0 N–H and O–H groups in total. The molecule has 0 amide bonds. The molecule has 0 aliphatic heterocycles. The molecule has 0 saturated carbocycles. The van der Waals surface area contributed by atoms with Crippen LogP contribution in [0.1, 0.15) is 97.6 Å². The largest absolute Gasteiger partial charge is 0.496 e. The SMILES string of the molecule is C[Si](C)=[Zr]([Cl])[Cl].Cc1cc(-c2cc3c(-c4ccc(C(C)(C)C)cc4)c(C)c(C)cc3[cH-]2)oc1C.Cc1cc(-c2cc3c(-c4ccc(C(C)(C)C)cc4)c(C)c(C)cc3[cH-]2)oc1C. The Labute approximate surface area is 386 Å². The summed E-state index contributed by atoms with van der Waals surface area (Å²) in [5.41, 5.74) is 18.1. The maximum absolute atomic E-state index is 5.99. The van der Waals surface area contributed by atoms with E-state index in [1.54, 1.807) is 0 Å². The topological polar surface area (TPSA) is 26.3 Å². The van der Waals surface area contributed by atoms with E-state index >= 15 is 0 Å². The molecule has 0 saturated heterocycles. The van der Waals surface area contributed by atoms with Crippen molar-refractivity contribution in [1.29, 1.82) is 0 Å². The van der Waals surface area contributed by atoms with Crippen molar-refractivity contribution in [3.63, 3.8) is 0 Å². The molecule has 2 heterocycles. The second-order valence-electron chi connectivity index (χ2n) is 19.5. The fourth-order valence-electron chi connectivity index (χ4n) is 7.94. The summed E-state index contributed by atoms with van der Waals surface area (Å²) in [7, 11) is 11.2. The number of halogens is 2. The normalized spacial score (nSPS) is 11.7. The number of benzene rings is 4. The van der Waals surface area contributed by atoms with Gasteiger partial charge in [-0.3, -0.25) is 0 Å². The Morgan fingerprint density at radius 2 is 0.806 bits per heavy atom. The average Bonchev–Trinajstić information content (AvgIpc) is 3.98. The van der Waals surface area contributed by atoms with E-state index in [1.807, 2.05) is 13.8 Å².